The summed E-state index contributed by atoms with van der Waals surface area (Å²) in [6.45, 7) is 1.79. The molecule has 0 saturated carbocycles. The van der Waals surface area contributed by atoms with Gasteiger partial charge in [-0.15, -0.1) is 11.3 Å². The molecule has 2 heterocycles. The van der Waals surface area contributed by atoms with Crippen molar-refractivity contribution in [3.63, 3.8) is 0 Å². The molecule has 3 rings (SSSR count). The largest absolute Gasteiger partial charge is 0.486 e. The molecule has 124 valence electrons. The third-order valence-electron chi connectivity index (χ3n) is 3.41. The van der Waals surface area contributed by atoms with E-state index in [9.17, 15) is 9.59 Å². The second-order valence-corrected chi connectivity index (χ2v) is 6.42. The summed E-state index contributed by atoms with van der Waals surface area (Å²) >= 11 is 6.95. The van der Waals surface area contributed by atoms with Crippen LogP contribution in [0, 0.1) is 6.92 Å². The number of esters is 1. The minimum atomic E-state index is -0.478. The molecule has 6 nitrogen and oxygen atoms in total. The van der Waals surface area contributed by atoms with E-state index in [1.54, 1.807) is 31.2 Å². The molecular weight excluding hydrogens is 352 g/mol. The van der Waals surface area contributed by atoms with Gasteiger partial charge in [0, 0.05) is 5.02 Å². The van der Waals surface area contributed by atoms with Gasteiger partial charge in [-0.3, -0.25) is 4.79 Å². The Labute approximate surface area is 146 Å². The molecule has 1 aromatic carbocycles. The van der Waals surface area contributed by atoms with Crippen molar-refractivity contribution in [1.29, 1.82) is 0 Å². The first-order valence-electron chi connectivity index (χ1n) is 6.98. The first kappa shape index (κ1) is 16.5. The molecule has 24 heavy (non-hydrogen) atoms. The molecule has 0 aliphatic heterocycles. The van der Waals surface area contributed by atoms with Crippen LogP contribution in [0.15, 0.2) is 29.1 Å². The van der Waals surface area contributed by atoms with Crippen LogP contribution in [0.1, 0.15) is 21.1 Å². The normalized spacial score (nSPS) is 10.8. The number of hydrogen-bond donors (Lipinski definition) is 1. The summed E-state index contributed by atoms with van der Waals surface area (Å²) < 4.78 is 10.3. The molecule has 0 amide bonds. The topological polar surface area (TPSA) is 81.3 Å². The van der Waals surface area contributed by atoms with Crippen molar-refractivity contribution in [2.24, 2.45) is 0 Å². The van der Waals surface area contributed by atoms with E-state index < -0.39 is 5.97 Å². The Kier molecular flexibility index (Phi) is 4.55. The molecule has 1 N–H and O–H groups in total. The summed E-state index contributed by atoms with van der Waals surface area (Å²) in [5.74, 6) is 0.508. The van der Waals surface area contributed by atoms with E-state index in [0.29, 0.717) is 37.3 Å². The third kappa shape index (κ3) is 3.13. The van der Waals surface area contributed by atoms with Crippen LogP contribution in [0.4, 0.5) is 0 Å². The predicted molar refractivity (Wildman–Crippen MR) is 92.1 cm³/mol. The van der Waals surface area contributed by atoms with Crippen molar-refractivity contribution < 1.29 is 14.3 Å². The van der Waals surface area contributed by atoms with Crippen LogP contribution < -0.4 is 10.3 Å². The number of fused-ring (bicyclic) bond motifs is 1. The van der Waals surface area contributed by atoms with Crippen molar-refractivity contribution in [3.05, 3.63) is 55.9 Å². The SMILES string of the molecule is COC(=O)c1sc2nc(COc3ccc(Cl)cc3)[nH]c(=O)c2c1C. The van der Waals surface area contributed by atoms with Crippen molar-refractivity contribution in [2.75, 3.05) is 7.11 Å². The van der Waals surface area contributed by atoms with Gasteiger partial charge in [0.05, 0.1) is 12.5 Å². The molecule has 0 saturated heterocycles. The standard InChI is InChI=1S/C16H13ClN2O4S/c1-8-12-14(20)18-11(7-23-10-5-3-9(17)4-6-10)19-15(12)24-13(8)16(21)22-2/h3-6H,7H2,1-2H3,(H,18,19,20). The van der Waals surface area contributed by atoms with Crippen molar-refractivity contribution in [3.8, 4) is 5.75 Å². The number of H-pyrrole nitrogens is 1. The molecule has 0 spiro atoms. The predicted octanol–water partition coefficient (Wildman–Crippen LogP) is 3.31. The molecule has 0 radical (unpaired) electrons. The molecule has 2 aromatic heterocycles. The van der Waals surface area contributed by atoms with Gasteiger partial charge in [-0.2, -0.15) is 0 Å². The van der Waals surface area contributed by atoms with E-state index in [2.05, 4.69) is 9.97 Å². The molecule has 0 aliphatic rings. The number of aromatic nitrogens is 2. The molecule has 0 aliphatic carbocycles. The highest BCUT2D eigenvalue weighted by molar-refractivity contribution is 7.20. The number of aryl methyl sites for hydroxylation is 1. The molecule has 8 heteroatoms. The van der Waals surface area contributed by atoms with Crippen molar-refractivity contribution in [1.82, 2.24) is 9.97 Å². The second-order valence-electron chi connectivity index (χ2n) is 4.98. The van der Waals surface area contributed by atoms with Gasteiger partial charge in [0.15, 0.2) is 0 Å². The minimum Gasteiger partial charge on any atom is -0.486 e. The Balaban J connectivity index is 1.91. The molecule has 0 atom stereocenters. The van der Waals surface area contributed by atoms with Crippen molar-refractivity contribution in [2.45, 2.75) is 13.5 Å². The second kappa shape index (κ2) is 6.62. The summed E-state index contributed by atoms with van der Waals surface area (Å²) in [6.07, 6.45) is 0. The first-order valence-corrected chi connectivity index (χ1v) is 8.18. The lowest BCUT2D eigenvalue weighted by molar-refractivity contribution is 0.0605. The lowest BCUT2D eigenvalue weighted by Gasteiger charge is -2.05. The first-order chi connectivity index (χ1) is 11.5. The van der Waals surface area contributed by atoms with Crippen LogP contribution in [0.2, 0.25) is 5.02 Å². The van der Waals surface area contributed by atoms with E-state index in [1.165, 1.54) is 7.11 Å². The van der Waals surface area contributed by atoms with E-state index in [4.69, 9.17) is 21.1 Å². The van der Waals surface area contributed by atoms with E-state index in [0.717, 1.165) is 11.3 Å². The maximum absolute atomic E-state index is 12.3. The van der Waals surface area contributed by atoms with Crippen LogP contribution in [0.5, 0.6) is 5.75 Å². The van der Waals surface area contributed by atoms with Crippen LogP contribution in [0.25, 0.3) is 10.2 Å². The average Bonchev–Trinajstić information content (AvgIpc) is 2.91. The number of carbonyl (C=O) groups excluding carboxylic acids is 1. The summed E-state index contributed by atoms with van der Waals surface area (Å²) in [4.78, 5) is 31.9. The highest BCUT2D eigenvalue weighted by Gasteiger charge is 2.19. The van der Waals surface area contributed by atoms with Crippen LogP contribution >= 0.6 is 22.9 Å². The molecule has 3 aromatic rings. The number of carbonyl (C=O) groups is 1. The monoisotopic (exact) mass is 364 g/mol. The van der Waals surface area contributed by atoms with E-state index in [-0.39, 0.29) is 12.2 Å². The van der Waals surface area contributed by atoms with Crippen LogP contribution in [-0.2, 0) is 11.3 Å². The number of nitrogens with one attached hydrogen (secondary N) is 1. The Morgan fingerprint density at radius 2 is 2.04 bits per heavy atom. The fourth-order valence-electron chi connectivity index (χ4n) is 2.23. The zero-order valence-corrected chi connectivity index (χ0v) is 14.5. The minimum absolute atomic E-state index is 0.0946. The number of halogens is 1. The number of rotatable bonds is 4. The fraction of sp³-hybridized carbons (Fsp3) is 0.188. The summed E-state index contributed by atoms with van der Waals surface area (Å²) in [6, 6.07) is 6.87. The zero-order chi connectivity index (χ0) is 17.3. The number of thiophene rings is 1. The van der Waals surface area contributed by atoms with E-state index in [1.807, 2.05) is 0 Å². The maximum Gasteiger partial charge on any atom is 0.348 e. The zero-order valence-electron chi connectivity index (χ0n) is 12.9. The van der Waals surface area contributed by atoms with Crippen LogP contribution in [-0.4, -0.2) is 23.0 Å². The summed E-state index contributed by atoms with van der Waals surface area (Å²) in [7, 11) is 1.30. The van der Waals surface area contributed by atoms with Gasteiger partial charge in [0.1, 0.15) is 27.9 Å². The quantitative estimate of drug-likeness (QED) is 0.718. The number of nitrogens with zero attached hydrogens (tertiary/aromatic N) is 1. The Morgan fingerprint density at radius 3 is 2.71 bits per heavy atom. The number of ether oxygens (including phenoxy) is 2. The molecule has 0 fully saturated rings. The Morgan fingerprint density at radius 1 is 1.33 bits per heavy atom. The average molecular weight is 365 g/mol. The fourth-order valence-corrected chi connectivity index (χ4v) is 3.47. The molecular formula is C16H13ClN2O4S. The van der Waals surface area contributed by atoms with Gasteiger partial charge in [-0.1, -0.05) is 11.6 Å². The highest BCUT2D eigenvalue weighted by atomic mass is 35.5. The van der Waals surface area contributed by atoms with Gasteiger partial charge in [-0.25, -0.2) is 9.78 Å². The molecule has 0 unspecified atom stereocenters. The van der Waals surface area contributed by atoms with Gasteiger partial charge < -0.3 is 14.5 Å². The Hall–Kier alpha value is -2.38. The smallest absolute Gasteiger partial charge is 0.348 e. The van der Waals surface area contributed by atoms with E-state index >= 15 is 0 Å². The van der Waals surface area contributed by atoms with Gasteiger partial charge >= 0.3 is 5.97 Å². The van der Waals surface area contributed by atoms with Crippen molar-refractivity contribution >= 4 is 39.1 Å². The van der Waals surface area contributed by atoms with Gasteiger partial charge in [0.25, 0.3) is 5.56 Å². The third-order valence-corrected chi connectivity index (χ3v) is 4.83. The lowest BCUT2D eigenvalue weighted by atomic mass is 10.2. The van der Waals surface area contributed by atoms with Gasteiger partial charge in [-0.05, 0) is 36.8 Å². The number of hydrogen-bond acceptors (Lipinski definition) is 6. The molecule has 0 bridgehead atoms. The lowest BCUT2D eigenvalue weighted by Crippen LogP contribution is -2.13. The number of aromatic amines is 1. The van der Waals surface area contributed by atoms with Crippen LogP contribution in [0.3, 0.4) is 0 Å². The highest BCUT2D eigenvalue weighted by Crippen LogP contribution is 2.27. The van der Waals surface area contributed by atoms with Gasteiger partial charge in [0.2, 0.25) is 0 Å². The number of methoxy groups -OCH3 is 1. The number of benzene rings is 1. The Bertz CT molecular complexity index is 963. The summed E-state index contributed by atoms with van der Waals surface area (Å²) in [5.41, 5.74) is 0.263. The summed E-state index contributed by atoms with van der Waals surface area (Å²) in [5, 5.41) is 1.01. The maximum atomic E-state index is 12.3.